The Morgan fingerprint density at radius 1 is 0.415 bits per heavy atom. The van der Waals surface area contributed by atoms with E-state index in [4.69, 9.17) is 9.47 Å². The topological polar surface area (TPSA) is 72.8 Å². The average molecular weight is 583 g/mol. The van der Waals surface area contributed by atoms with Crippen molar-refractivity contribution in [1.82, 2.24) is 0 Å². The summed E-state index contributed by atoms with van der Waals surface area (Å²) in [6.45, 7) is 4.31. The molecule has 0 fully saturated rings. The fourth-order valence-electron chi connectivity index (χ4n) is 5.32. The molecule has 1 N–H and O–H groups in total. The van der Waals surface area contributed by atoms with Gasteiger partial charge in [0.2, 0.25) is 0 Å². The van der Waals surface area contributed by atoms with Crippen molar-refractivity contribution in [3.8, 4) is 0 Å². The van der Waals surface area contributed by atoms with Gasteiger partial charge in [-0.1, -0.05) is 174 Å². The normalized spacial score (nSPS) is 12.0. The molecular weight excluding hydrogens is 512 g/mol. The monoisotopic (exact) mass is 583 g/mol. The van der Waals surface area contributed by atoms with E-state index in [2.05, 4.69) is 13.8 Å². The van der Waals surface area contributed by atoms with Crippen molar-refractivity contribution in [1.29, 1.82) is 0 Å². The SMILES string of the molecule is CCCCCCCCCCCCCCCCC(=O)OC[C@@H](O)COC(=O)CCCCCCCCCCCCCCC. The Hall–Kier alpha value is -1.10. The maximum absolute atomic E-state index is 11.9. The van der Waals surface area contributed by atoms with Crippen LogP contribution in [0, 0.1) is 0 Å². The van der Waals surface area contributed by atoms with Gasteiger partial charge in [0.25, 0.3) is 0 Å². The summed E-state index contributed by atoms with van der Waals surface area (Å²) in [6.07, 6.45) is 34.3. The molecule has 244 valence electrons. The highest BCUT2D eigenvalue weighted by atomic mass is 16.6. The maximum Gasteiger partial charge on any atom is 0.305 e. The van der Waals surface area contributed by atoms with Crippen molar-refractivity contribution < 1.29 is 24.2 Å². The van der Waals surface area contributed by atoms with Gasteiger partial charge in [-0.15, -0.1) is 0 Å². The van der Waals surface area contributed by atoms with Gasteiger partial charge < -0.3 is 14.6 Å². The van der Waals surface area contributed by atoms with Crippen molar-refractivity contribution in [2.75, 3.05) is 13.2 Å². The van der Waals surface area contributed by atoms with Crippen LogP contribution in [0.4, 0.5) is 0 Å². The third kappa shape index (κ3) is 33.3. The van der Waals surface area contributed by atoms with Gasteiger partial charge in [-0.2, -0.15) is 0 Å². The minimum absolute atomic E-state index is 0.108. The molecule has 0 saturated heterocycles. The van der Waals surface area contributed by atoms with Crippen LogP contribution < -0.4 is 0 Å². The Labute approximate surface area is 255 Å². The number of rotatable bonds is 33. The third-order valence-corrected chi connectivity index (χ3v) is 8.09. The number of hydrogen-bond acceptors (Lipinski definition) is 5. The Morgan fingerprint density at radius 2 is 0.634 bits per heavy atom. The lowest BCUT2D eigenvalue weighted by molar-refractivity contribution is -0.152. The minimum Gasteiger partial charge on any atom is -0.463 e. The van der Waals surface area contributed by atoms with E-state index in [0.29, 0.717) is 12.8 Å². The number of unbranched alkanes of at least 4 members (excludes halogenated alkanes) is 25. The van der Waals surface area contributed by atoms with Gasteiger partial charge in [0.05, 0.1) is 0 Å². The lowest BCUT2D eigenvalue weighted by Crippen LogP contribution is -2.25. The summed E-state index contributed by atoms with van der Waals surface area (Å²) >= 11 is 0. The van der Waals surface area contributed by atoms with E-state index in [9.17, 15) is 14.7 Å². The summed E-state index contributed by atoms with van der Waals surface area (Å²) in [7, 11) is 0. The Morgan fingerprint density at radius 3 is 0.878 bits per heavy atom. The number of ether oxygens (including phenoxy) is 2. The second-order valence-corrected chi connectivity index (χ2v) is 12.4. The highest BCUT2D eigenvalue weighted by Crippen LogP contribution is 2.15. The summed E-state index contributed by atoms with van der Waals surface area (Å²) in [6, 6.07) is 0. The molecule has 0 heterocycles. The van der Waals surface area contributed by atoms with Crippen LogP contribution >= 0.6 is 0 Å². The van der Waals surface area contributed by atoms with Crippen molar-refractivity contribution in [3.63, 3.8) is 0 Å². The van der Waals surface area contributed by atoms with Crippen molar-refractivity contribution in [3.05, 3.63) is 0 Å². The van der Waals surface area contributed by atoms with Crippen molar-refractivity contribution >= 4 is 11.9 Å². The number of hydrogen-bond donors (Lipinski definition) is 1. The van der Waals surface area contributed by atoms with Crippen LogP contribution in [-0.4, -0.2) is 36.4 Å². The molecule has 0 saturated carbocycles. The van der Waals surface area contributed by atoms with E-state index in [-0.39, 0.29) is 25.2 Å². The van der Waals surface area contributed by atoms with E-state index in [1.165, 1.54) is 148 Å². The fraction of sp³-hybridized carbons (Fsp3) is 0.944. The molecule has 0 bridgehead atoms. The fourth-order valence-corrected chi connectivity index (χ4v) is 5.32. The number of aliphatic hydroxyl groups excluding tert-OH is 1. The predicted octanol–water partition coefficient (Wildman–Crippen LogP) is 10.8. The summed E-state index contributed by atoms with van der Waals surface area (Å²) in [5.41, 5.74) is 0. The van der Waals surface area contributed by atoms with Crippen LogP contribution in [0.25, 0.3) is 0 Å². The number of carbonyl (C=O) groups is 2. The highest BCUT2D eigenvalue weighted by molar-refractivity contribution is 5.69. The summed E-state index contributed by atoms with van der Waals surface area (Å²) in [5.74, 6) is -0.554. The first-order valence-corrected chi connectivity index (χ1v) is 18.1. The Kier molecular flexibility index (Phi) is 32.5. The van der Waals surface area contributed by atoms with Crippen molar-refractivity contribution in [2.24, 2.45) is 0 Å². The van der Waals surface area contributed by atoms with Crippen LogP contribution in [0.2, 0.25) is 0 Å². The van der Waals surface area contributed by atoms with Crippen LogP contribution in [0.1, 0.15) is 200 Å². The van der Waals surface area contributed by atoms with E-state index in [1.807, 2.05) is 0 Å². The van der Waals surface area contributed by atoms with Crippen LogP contribution in [0.3, 0.4) is 0 Å². The molecular formula is C36H70O5. The van der Waals surface area contributed by atoms with E-state index in [1.54, 1.807) is 0 Å². The molecule has 0 spiro atoms. The van der Waals surface area contributed by atoms with Gasteiger partial charge in [0, 0.05) is 12.8 Å². The molecule has 0 aliphatic heterocycles. The van der Waals surface area contributed by atoms with E-state index in [0.717, 1.165) is 25.7 Å². The summed E-state index contributed by atoms with van der Waals surface area (Å²) in [5, 5.41) is 9.97. The molecule has 41 heavy (non-hydrogen) atoms. The molecule has 0 unspecified atom stereocenters. The van der Waals surface area contributed by atoms with Crippen LogP contribution in [-0.2, 0) is 19.1 Å². The first-order chi connectivity index (χ1) is 20.1. The Bertz CT molecular complexity index is 550. The quantitative estimate of drug-likeness (QED) is 0.0615. The molecule has 1 atom stereocenters. The van der Waals surface area contributed by atoms with Gasteiger partial charge in [0.15, 0.2) is 0 Å². The molecule has 0 aromatic rings. The van der Waals surface area contributed by atoms with E-state index >= 15 is 0 Å². The molecule has 0 aromatic carbocycles. The number of esters is 2. The molecule has 0 aliphatic carbocycles. The first kappa shape index (κ1) is 39.9. The second-order valence-electron chi connectivity index (χ2n) is 12.4. The number of carbonyl (C=O) groups excluding carboxylic acids is 2. The molecule has 5 nitrogen and oxygen atoms in total. The lowest BCUT2D eigenvalue weighted by atomic mass is 10.0. The number of aliphatic hydroxyl groups is 1. The average Bonchev–Trinajstić information content (AvgIpc) is 2.97. The predicted molar refractivity (Wildman–Crippen MR) is 173 cm³/mol. The molecule has 0 rings (SSSR count). The standard InChI is InChI=1S/C36H70O5/c1-3-5-7-9-11-13-15-17-19-21-23-25-27-29-31-36(39)41-33-34(37)32-40-35(38)30-28-26-24-22-20-18-16-14-12-10-8-6-4-2/h34,37H,3-33H2,1-2H3/t34-/m0/s1. The van der Waals surface area contributed by atoms with Crippen LogP contribution in [0.15, 0.2) is 0 Å². The smallest absolute Gasteiger partial charge is 0.305 e. The molecule has 0 aromatic heterocycles. The lowest BCUT2D eigenvalue weighted by Gasteiger charge is -2.12. The minimum atomic E-state index is -0.953. The van der Waals surface area contributed by atoms with Gasteiger partial charge in [-0.05, 0) is 12.8 Å². The summed E-state index contributed by atoms with van der Waals surface area (Å²) < 4.78 is 10.3. The van der Waals surface area contributed by atoms with Gasteiger partial charge in [-0.25, -0.2) is 0 Å². The molecule has 5 heteroatoms. The van der Waals surface area contributed by atoms with Crippen molar-refractivity contribution in [2.45, 2.75) is 206 Å². The van der Waals surface area contributed by atoms with Gasteiger partial charge >= 0.3 is 11.9 Å². The van der Waals surface area contributed by atoms with Crippen LogP contribution in [0.5, 0.6) is 0 Å². The second kappa shape index (κ2) is 33.4. The molecule has 0 aliphatic rings. The third-order valence-electron chi connectivity index (χ3n) is 8.09. The zero-order valence-electron chi connectivity index (χ0n) is 27.6. The zero-order chi connectivity index (χ0) is 30.1. The largest absolute Gasteiger partial charge is 0.463 e. The Balaban J connectivity index is 3.39. The van der Waals surface area contributed by atoms with E-state index < -0.39 is 6.10 Å². The first-order valence-electron chi connectivity index (χ1n) is 18.1. The summed E-state index contributed by atoms with van der Waals surface area (Å²) in [4.78, 5) is 23.8. The molecule has 0 amide bonds. The zero-order valence-corrected chi connectivity index (χ0v) is 27.6. The highest BCUT2D eigenvalue weighted by Gasteiger charge is 2.12. The molecule has 0 radical (unpaired) electrons. The van der Waals surface area contributed by atoms with Gasteiger partial charge in [-0.3, -0.25) is 9.59 Å². The maximum atomic E-state index is 11.9. The van der Waals surface area contributed by atoms with Gasteiger partial charge in [0.1, 0.15) is 19.3 Å².